The second-order valence-electron chi connectivity index (χ2n) is 5.09. The van der Waals surface area contributed by atoms with E-state index in [0.717, 1.165) is 11.1 Å². The lowest BCUT2D eigenvalue weighted by atomic mass is 10.0. The molecule has 0 aliphatic heterocycles. The minimum atomic E-state index is 0.0631. The van der Waals surface area contributed by atoms with Crippen LogP contribution in [0.3, 0.4) is 0 Å². The zero-order valence-electron chi connectivity index (χ0n) is 11.6. The van der Waals surface area contributed by atoms with Crippen molar-refractivity contribution >= 4 is 17.5 Å². The Hall–Kier alpha value is -1.02. The number of hydrogen-bond donors (Lipinski definition) is 1. The SMILES string of the molecule is Cc1ccc(C)c(CC(=O)NC(C)C(C)CCl)c1. The van der Waals surface area contributed by atoms with Crippen LogP contribution in [0, 0.1) is 19.8 Å². The van der Waals surface area contributed by atoms with Crippen LogP contribution in [0.15, 0.2) is 18.2 Å². The molecular formula is C15H22ClNO. The summed E-state index contributed by atoms with van der Waals surface area (Å²) >= 11 is 5.79. The quantitative estimate of drug-likeness (QED) is 0.816. The smallest absolute Gasteiger partial charge is 0.224 e. The van der Waals surface area contributed by atoms with Crippen LogP contribution < -0.4 is 5.32 Å². The van der Waals surface area contributed by atoms with E-state index in [1.165, 1.54) is 5.56 Å². The first-order chi connectivity index (χ1) is 8.43. The highest BCUT2D eigenvalue weighted by atomic mass is 35.5. The normalized spacial score (nSPS) is 14.1. The summed E-state index contributed by atoms with van der Waals surface area (Å²) in [6.45, 7) is 8.11. The third-order valence-electron chi connectivity index (χ3n) is 3.34. The highest BCUT2D eigenvalue weighted by Gasteiger charge is 2.14. The molecule has 3 heteroatoms. The number of carbonyl (C=O) groups is 1. The fourth-order valence-corrected chi connectivity index (χ4v) is 2.01. The van der Waals surface area contributed by atoms with Gasteiger partial charge < -0.3 is 5.32 Å². The van der Waals surface area contributed by atoms with Gasteiger partial charge in [-0.25, -0.2) is 0 Å². The first-order valence-electron chi connectivity index (χ1n) is 6.35. The Labute approximate surface area is 115 Å². The van der Waals surface area contributed by atoms with E-state index in [-0.39, 0.29) is 17.9 Å². The van der Waals surface area contributed by atoms with Crippen LogP contribution in [0.1, 0.15) is 30.5 Å². The van der Waals surface area contributed by atoms with Crippen LogP contribution in [0.2, 0.25) is 0 Å². The molecular weight excluding hydrogens is 246 g/mol. The molecule has 0 radical (unpaired) electrons. The molecule has 2 nitrogen and oxygen atoms in total. The van der Waals surface area contributed by atoms with E-state index in [9.17, 15) is 4.79 Å². The summed E-state index contributed by atoms with van der Waals surface area (Å²) in [5.74, 6) is 0.910. The first-order valence-corrected chi connectivity index (χ1v) is 6.89. The summed E-state index contributed by atoms with van der Waals surface area (Å²) in [5, 5.41) is 3.00. The molecule has 1 amide bonds. The van der Waals surface area contributed by atoms with E-state index >= 15 is 0 Å². The van der Waals surface area contributed by atoms with Gasteiger partial charge in [0, 0.05) is 11.9 Å². The van der Waals surface area contributed by atoms with Crippen molar-refractivity contribution < 1.29 is 4.79 Å². The van der Waals surface area contributed by atoms with Gasteiger partial charge in [0.2, 0.25) is 5.91 Å². The first kappa shape index (κ1) is 15.0. The lowest BCUT2D eigenvalue weighted by Crippen LogP contribution is -2.38. The van der Waals surface area contributed by atoms with Gasteiger partial charge in [0.1, 0.15) is 0 Å². The fraction of sp³-hybridized carbons (Fsp3) is 0.533. The Morgan fingerprint density at radius 3 is 2.61 bits per heavy atom. The number of nitrogens with one attached hydrogen (secondary N) is 1. The van der Waals surface area contributed by atoms with E-state index in [2.05, 4.69) is 23.5 Å². The summed E-state index contributed by atoms with van der Waals surface area (Å²) in [6.07, 6.45) is 0.437. The van der Waals surface area contributed by atoms with Crippen molar-refractivity contribution in [2.45, 2.75) is 40.2 Å². The third-order valence-corrected chi connectivity index (χ3v) is 3.83. The van der Waals surface area contributed by atoms with Gasteiger partial charge in [-0.15, -0.1) is 11.6 Å². The monoisotopic (exact) mass is 267 g/mol. The molecule has 0 saturated carbocycles. The predicted molar refractivity (Wildman–Crippen MR) is 77.1 cm³/mol. The molecule has 0 spiro atoms. The molecule has 18 heavy (non-hydrogen) atoms. The second kappa shape index (κ2) is 6.79. The lowest BCUT2D eigenvalue weighted by molar-refractivity contribution is -0.121. The standard InChI is InChI=1S/C15H22ClNO/c1-10-5-6-11(2)14(7-10)8-15(18)17-13(4)12(3)9-16/h5-7,12-13H,8-9H2,1-4H3,(H,17,18). The Morgan fingerprint density at radius 1 is 1.33 bits per heavy atom. The molecule has 1 aromatic carbocycles. The minimum absolute atomic E-state index is 0.0631. The number of benzene rings is 1. The molecule has 1 aromatic rings. The zero-order valence-corrected chi connectivity index (χ0v) is 12.3. The summed E-state index contributed by atoms with van der Waals surface area (Å²) in [7, 11) is 0. The second-order valence-corrected chi connectivity index (χ2v) is 5.40. The molecule has 0 heterocycles. The maximum Gasteiger partial charge on any atom is 0.224 e. The van der Waals surface area contributed by atoms with Gasteiger partial charge in [-0.05, 0) is 37.8 Å². The molecule has 2 unspecified atom stereocenters. The maximum atomic E-state index is 12.0. The average molecular weight is 268 g/mol. The molecule has 0 aliphatic carbocycles. The molecule has 2 atom stereocenters. The van der Waals surface area contributed by atoms with Crippen LogP contribution >= 0.6 is 11.6 Å². The highest BCUT2D eigenvalue weighted by Crippen LogP contribution is 2.12. The average Bonchev–Trinajstić information content (AvgIpc) is 2.32. The number of aryl methyl sites for hydroxylation is 2. The van der Waals surface area contributed by atoms with Gasteiger partial charge in [0.25, 0.3) is 0 Å². The van der Waals surface area contributed by atoms with Crippen molar-refractivity contribution in [2.75, 3.05) is 5.88 Å². The summed E-state index contributed by atoms with van der Waals surface area (Å²) in [6, 6.07) is 6.31. The van der Waals surface area contributed by atoms with Gasteiger partial charge in [-0.3, -0.25) is 4.79 Å². The number of hydrogen-bond acceptors (Lipinski definition) is 1. The molecule has 0 fully saturated rings. The molecule has 0 aromatic heterocycles. The van der Waals surface area contributed by atoms with Crippen LogP contribution in [0.5, 0.6) is 0 Å². The van der Waals surface area contributed by atoms with Gasteiger partial charge in [-0.1, -0.05) is 30.7 Å². The van der Waals surface area contributed by atoms with Gasteiger partial charge in [-0.2, -0.15) is 0 Å². The van der Waals surface area contributed by atoms with Crippen LogP contribution in [-0.4, -0.2) is 17.8 Å². The van der Waals surface area contributed by atoms with Gasteiger partial charge in [0.05, 0.1) is 6.42 Å². The van der Waals surface area contributed by atoms with Crippen molar-refractivity contribution in [2.24, 2.45) is 5.92 Å². The number of amides is 1. The Kier molecular flexibility index (Phi) is 5.67. The molecule has 100 valence electrons. The Morgan fingerprint density at radius 2 is 2.00 bits per heavy atom. The molecule has 1 rings (SSSR count). The van der Waals surface area contributed by atoms with E-state index in [0.29, 0.717) is 12.3 Å². The predicted octanol–water partition coefficient (Wildman–Crippen LogP) is 3.23. The maximum absolute atomic E-state index is 12.0. The largest absolute Gasteiger partial charge is 0.353 e. The Balaban J connectivity index is 2.62. The Bertz CT molecular complexity index is 417. The summed E-state index contributed by atoms with van der Waals surface area (Å²) in [4.78, 5) is 12.0. The molecule has 1 N–H and O–H groups in total. The van der Waals surface area contributed by atoms with Gasteiger partial charge in [0.15, 0.2) is 0 Å². The minimum Gasteiger partial charge on any atom is -0.353 e. The molecule has 0 saturated heterocycles. The summed E-state index contributed by atoms with van der Waals surface area (Å²) in [5.41, 5.74) is 3.44. The van der Waals surface area contributed by atoms with Crippen molar-refractivity contribution in [1.82, 2.24) is 5.32 Å². The van der Waals surface area contributed by atoms with Crippen LogP contribution in [0.4, 0.5) is 0 Å². The summed E-state index contributed by atoms with van der Waals surface area (Å²) < 4.78 is 0. The number of carbonyl (C=O) groups excluding carboxylic acids is 1. The third kappa shape index (κ3) is 4.34. The number of halogens is 1. The van der Waals surface area contributed by atoms with Gasteiger partial charge >= 0.3 is 0 Å². The van der Waals surface area contributed by atoms with Crippen molar-refractivity contribution in [3.8, 4) is 0 Å². The van der Waals surface area contributed by atoms with Crippen molar-refractivity contribution in [3.63, 3.8) is 0 Å². The topological polar surface area (TPSA) is 29.1 Å². The van der Waals surface area contributed by atoms with Crippen molar-refractivity contribution in [3.05, 3.63) is 34.9 Å². The van der Waals surface area contributed by atoms with E-state index < -0.39 is 0 Å². The van der Waals surface area contributed by atoms with E-state index in [4.69, 9.17) is 11.6 Å². The van der Waals surface area contributed by atoms with E-state index in [1.807, 2.05) is 27.7 Å². The highest BCUT2D eigenvalue weighted by molar-refractivity contribution is 6.18. The zero-order chi connectivity index (χ0) is 13.7. The molecule has 0 bridgehead atoms. The van der Waals surface area contributed by atoms with Crippen molar-refractivity contribution in [1.29, 1.82) is 0 Å². The molecule has 0 aliphatic rings. The van der Waals surface area contributed by atoms with Crippen LogP contribution in [-0.2, 0) is 11.2 Å². The number of rotatable bonds is 5. The lowest BCUT2D eigenvalue weighted by Gasteiger charge is -2.19. The fourth-order valence-electron chi connectivity index (χ4n) is 1.74. The van der Waals surface area contributed by atoms with Crippen LogP contribution in [0.25, 0.3) is 0 Å². The van der Waals surface area contributed by atoms with E-state index in [1.54, 1.807) is 0 Å². The number of alkyl halides is 1.